The molecule has 4 aromatic rings. The molecule has 4 aromatic carbocycles. The van der Waals surface area contributed by atoms with Crippen LogP contribution in [0.1, 0.15) is 43.8 Å². The van der Waals surface area contributed by atoms with Crippen molar-refractivity contribution in [2.75, 3.05) is 13.2 Å². The van der Waals surface area contributed by atoms with Gasteiger partial charge < -0.3 is 20.1 Å². The highest BCUT2D eigenvalue weighted by atomic mass is 32.2. The van der Waals surface area contributed by atoms with Gasteiger partial charge in [0.15, 0.2) is 11.5 Å². The number of carbonyl (C=O) groups is 2. The molecule has 0 aliphatic carbocycles. The molecule has 1 aliphatic heterocycles. The maximum atomic E-state index is 15.3. The van der Waals surface area contributed by atoms with Crippen molar-refractivity contribution in [2.45, 2.75) is 31.2 Å². The third kappa shape index (κ3) is 8.57. The van der Waals surface area contributed by atoms with Crippen LogP contribution >= 0.6 is 0 Å². The Bertz CT molecular complexity index is 1780. The highest BCUT2D eigenvalue weighted by molar-refractivity contribution is 7.94. The molecule has 0 unspecified atom stereocenters. The van der Waals surface area contributed by atoms with Gasteiger partial charge in [0, 0.05) is 17.7 Å². The minimum atomic E-state index is -4.27. The molecule has 232 valence electrons. The van der Waals surface area contributed by atoms with E-state index in [1.165, 1.54) is 0 Å². The maximum absolute atomic E-state index is 15.3. The molecule has 0 saturated carbocycles. The smallest absolute Gasteiger partial charge is 0.252 e. The van der Waals surface area contributed by atoms with Crippen molar-refractivity contribution >= 4 is 21.7 Å². The number of nitrogens with one attached hydrogen (secondary N) is 2. The molecule has 0 fully saturated rings. The minimum Gasteiger partial charge on any atom is -0.486 e. The first-order chi connectivity index (χ1) is 21.8. The van der Waals surface area contributed by atoms with Crippen molar-refractivity contribution in [1.82, 2.24) is 10.6 Å². The van der Waals surface area contributed by atoms with E-state index >= 15 is 4.39 Å². The van der Waals surface area contributed by atoms with E-state index in [0.29, 0.717) is 47.8 Å². The van der Waals surface area contributed by atoms with Gasteiger partial charge in [0.1, 0.15) is 13.2 Å². The number of sulfone groups is 1. The lowest BCUT2D eigenvalue weighted by molar-refractivity contribution is 0.0929. The number of fused-ring (bicyclic) bond motifs is 1. The van der Waals surface area contributed by atoms with Crippen LogP contribution in [0, 0.1) is 0 Å². The molecule has 1 heterocycles. The van der Waals surface area contributed by atoms with Gasteiger partial charge in [0.2, 0.25) is 15.0 Å². The van der Waals surface area contributed by atoms with E-state index < -0.39 is 32.7 Å². The first kappa shape index (κ1) is 31.5. The Morgan fingerprint density at radius 2 is 1.44 bits per heavy atom. The van der Waals surface area contributed by atoms with E-state index in [-0.39, 0.29) is 24.4 Å². The van der Waals surface area contributed by atoms with Crippen molar-refractivity contribution < 1.29 is 31.9 Å². The van der Waals surface area contributed by atoms with Gasteiger partial charge >= 0.3 is 0 Å². The number of hydrogen-bond acceptors (Lipinski definition) is 6. The van der Waals surface area contributed by atoms with Crippen LogP contribution in [0.15, 0.2) is 114 Å². The fourth-order valence-electron chi connectivity index (χ4n) is 4.89. The normalized spacial score (nSPS) is 13.5. The summed E-state index contributed by atoms with van der Waals surface area (Å²) in [6.45, 7) is 0.878. The average Bonchev–Trinajstić information content (AvgIpc) is 3.06. The lowest BCUT2D eigenvalue weighted by Crippen LogP contribution is -2.35. The first-order valence-corrected chi connectivity index (χ1v) is 16.2. The van der Waals surface area contributed by atoms with Crippen LogP contribution < -0.4 is 20.1 Å². The Morgan fingerprint density at radius 3 is 2.18 bits per heavy atom. The summed E-state index contributed by atoms with van der Waals surface area (Å²) in [5.41, 5.74) is 2.59. The number of hydrogen-bond donors (Lipinski definition) is 2. The molecule has 45 heavy (non-hydrogen) atoms. The zero-order valence-electron chi connectivity index (χ0n) is 24.4. The number of carbonyl (C=O) groups excluding carboxylic acids is 2. The number of amides is 2. The molecular weight excluding hydrogens is 595 g/mol. The molecule has 0 aromatic heterocycles. The molecule has 0 spiro atoms. The first-order valence-electron chi connectivity index (χ1n) is 14.5. The second kappa shape index (κ2) is 14.7. The van der Waals surface area contributed by atoms with E-state index in [2.05, 4.69) is 10.6 Å². The van der Waals surface area contributed by atoms with E-state index in [1.54, 1.807) is 72.8 Å². The monoisotopic (exact) mass is 628 g/mol. The van der Waals surface area contributed by atoms with E-state index in [4.69, 9.17) is 9.47 Å². The zero-order chi connectivity index (χ0) is 31.6. The number of benzene rings is 4. The summed E-state index contributed by atoms with van der Waals surface area (Å²) in [7, 11) is -4.27. The van der Waals surface area contributed by atoms with Crippen LogP contribution in [-0.2, 0) is 28.6 Å². The van der Waals surface area contributed by atoms with Crippen molar-refractivity contribution in [3.63, 3.8) is 0 Å². The molecule has 0 radical (unpaired) electrons. The fraction of sp³-hybridized carbons (Fsp3) is 0.200. The quantitative estimate of drug-likeness (QED) is 0.213. The molecule has 2 N–H and O–H groups in total. The second-order valence-electron chi connectivity index (χ2n) is 10.5. The predicted molar refractivity (Wildman–Crippen MR) is 169 cm³/mol. The SMILES string of the molecule is O=C(NCc1ccccc1C(=O)N[C@H](/C=C(\F)S(=O)(=O)Cc1ccccc1)CCc1ccccc1)c1ccc2c(c1)OCCO2. The molecule has 5 rings (SSSR count). The number of aryl methyl sites for hydroxylation is 1. The van der Waals surface area contributed by atoms with Gasteiger partial charge in [-0.3, -0.25) is 9.59 Å². The Kier molecular flexibility index (Phi) is 10.3. The van der Waals surface area contributed by atoms with E-state index in [1.807, 2.05) is 30.3 Å². The summed E-state index contributed by atoms with van der Waals surface area (Å²) in [5.74, 6) is -0.332. The summed E-state index contributed by atoms with van der Waals surface area (Å²) >= 11 is 0. The molecular formula is C35H33FN2O6S. The third-order valence-corrected chi connectivity index (χ3v) is 8.68. The minimum absolute atomic E-state index is 0.0429. The van der Waals surface area contributed by atoms with E-state index in [0.717, 1.165) is 11.6 Å². The lowest BCUT2D eigenvalue weighted by Gasteiger charge is -2.19. The van der Waals surface area contributed by atoms with Crippen molar-refractivity contribution in [2.24, 2.45) is 0 Å². The number of rotatable bonds is 12. The second-order valence-corrected chi connectivity index (χ2v) is 12.4. The molecule has 1 aliphatic rings. The zero-order valence-corrected chi connectivity index (χ0v) is 25.3. The van der Waals surface area contributed by atoms with Gasteiger partial charge in [-0.25, -0.2) is 8.42 Å². The van der Waals surface area contributed by atoms with Gasteiger partial charge in [-0.15, -0.1) is 0 Å². The molecule has 2 amide bonds. The van der Waals surface area contributed by atoms with Crippen molar-refractivity contribution in [3.8, 4) is 11.5 Å². The number of ether oxygens (including phenoxy) is 2. The molecule has 0 saturated heterocycles. The Balaban J connectivity index is 1.31. The maximum Gasteiger partial charge on any atom is 0.252 e. The average molecular weight is 629 g/mol. The van der Waals surface area contributed by atoms with Gasteiger partial charge in [-0.1, -0.05) is 78.9 Å². The predicted octanol–water partition coefficient (Wildman–Crippen LogP) is 5.54. The summed E-state index contributed by atoms with van der Waals surface area (Å²) in [5, 5.41) is 4.33. The standard InChI is InChI=1S/C35H33FN2O6S/c36-33(45(41,42)24-26-11-5-2-6-12-26)22-29(17-15-25-9-3-1-4-10-25)38-35(40)30-14-8-7-13-28(30)23-37-34(39)27-16-18-31-32(21-27)44-20-19-43-31/h1-14,16,18,21-22,29H,15,17,19-20,23-24H2,(H,37,39)(H,38,40)/b33-22+/t29-/m0/s1. The van der Waals surface area contributed by atoms with Gasteiger partial charge in [-0.05, 0) is 59.9 Å². The molecule has 1 atom stereocenters. The van der Waals surface area contributed by atoms with Crippen LogP contribution in [0.4, 0.5) is 4.39 Å². The van der Waals surface area contributed by atoms with Crippen LogP contribution in [0.5, 0.6) is 11.5 Å². The fourth-order valence-corrected chi connectivity index (χ4v) is 6.03. The summed E-state index contributed by atoms with van der Waals surface area (Å²) in [6, 6.07) is 28.5. The van der Waals surface area contributed by atoms with Crippen LogP contribution in [0.3, 0.4) is 0 Å². The summed E-state index contributed by atoms with van der Waals surface area (Å²) < 4.78 is 52.1. The van der Waals surface area contributed by atoms with Crippen molar-refractivity contribution in [3.05, 3.63) is 142 Å². The Hall–Kier alpha value is -4.96. The van der Waals surface area contributed by atoms with Gasteiger partial charge in [0.05, 0.1) is 11.8 Å². The highest BCUT2D eigenvalue weighted by Gasteiger charge is 2.23. The van der Waals surface area contributed by atoms with Crippen LogP contribution in [-0.4, -0.2) is 39.5 Å². The number of halogens is 1. The molecule has 0 bridgehead atoms. The Labute approximate surface area is 261 Å². The van der Waals surface area contributed by atoms with Gasteiger partial charge in [0.25, 0.3) is 11.8 Å². The largest absolute Gasteiger partial charge is 0.486 e. The molecule has 8 nitrogen and oxygen atoms in total. The Morgan fingerprint density at radius 1 is 0.800 bits per heavy atom. The van der Waals surface area contributed by atoms with Crippen molar-refractivity contribution in [1.29, 1.82) is 0 Å². The summed E-state index contributed by atoms with van der Waals surface area (Å²) in [4.78, 5) is 26.4. The van der Waals surface area contributed by atoms with Crippen LogP contribution in [0.2, 0.25) is 0 Å². The summed E-state index contributed by atoms with van der Waals surface area (Å²) in [6.07, 6.45) is 1.69. The van der Waals surface area contributed by atoms with Gasteiger partial charge in [-0.2, -0.15) is 4.39 Å². The topological polar surface area (TPSA) is 111 Å². The molecule has 10 heteroatoms. The van der Waals surface area contributed by atoms with E-state index in [9.17, 15) is 18.0 Å². The third-order valence-electron chi connectivity index (χ3n) is 7.24. The lowest BCUT2D eigenvalue weighted by atomic mass is 10.0. The van der Waals surface area contributed by atoms with Crippen LogP contribution in [0.25, 0.3) is 0 Å². The highest BCUT2D eigenvalue weighted by Crippen LogP contribution is 2.30.